The molecule has 0 saturated carbocycles. The fourth-order valence-electron chi connectivity index (χ4n) is 2.11. The molecule has 2 amide bonds. The zero-order valence-electron chi connectivity index (χ0n) is 17.9. The number of esters is 2. The number of carboxylic acid groups (broad SMARTS) is 1. The first kappa shape index (κ1) is 25.7. The summed E-state index contributed by atoms with van der Waals surface area (Å²) < 4.78 is 10.5. The van der Waals surface area contributed by atoms with E-state index in [2.05, 4.69) is 10.6 Å². The van der Waals surface area contributed by atoms with Gasteiger partial charge in [0.05, 0.1) is 0 Å². The predicted molar refractivity (Wildman–Crippen MR) is 103 cm³/mol. The van der Waals surface area contributed by atoms with E-state index < -0.39 is 47.2 Å². The van der Waals surface area contributed by atoms with Crippen LogP contribution in [0.15, 0.2) is 0 Å². The smallest absolute Gasteiger partial charge is 0.329 e. The maximum atomic E-state index is 12.4. The number of nitrogens with one attached hydrogen (secondary N) is 2. The van der Waals surface area contributed by atoms with Crippen molar-refractivity contribution in [2.45, 2.75) is 97.4 Å². The van der Waals surface area contributed by atoms with E-state index in [-0.39, 0.29) is 25.7 Å². The number of hydrogen-bond donors (Lipinski definition) is 3. The van der Waals surface area contributed by atoms with Gasteiger partial charge in [-0.2, -0.15) is 0 Å². The fourth-order valence-corrected chi connectivity index (χ4v) is 2.11. The van der Waals surface area contributed by atoms with Crippen molar-refractivity contribution >= 4 is 23.9 Å². The lowest BCUT2D eigenvalue weighted by Crippen LogP contribution is -2.50. The molecule has 0 fully saturated rings. The lowest BCUT2D eigenvalue weighted by molar-refractivity contribution is -0.158. The molecule has 9 heteroatoms. The van der Waals surface area contributed by atoms with E-state index in [4.69, 9.17) is 14.6 Å². The van der Waals surface area contributed by atoms with Gasteiger partial charge in [-0.1, -0.05) is 0 Å². The Bertz CT molecular complexity index is 562. The van der Waals surface area contributed by atoms with Crippen molar-refractivity contribution in [1.29, 1.82) is 0 Å². The number of amides is 2. The molecule has 0 aliphatic rings. The molecule has 0 rings (SSSR count). The Hall–Kier alpha value is -2.32. The van der Waals surface area contributed by atoms with Gasteiger partial charge in [-0.25, -0.2) is 9.59 Å². The highest BCUT2D eigenvalue weighted by Crippen LogP contribution is 2.13. The number of rotatable bonds is 9. The maximum Gasteiger partial charge on any atom is 0.329 e. The van der Waals surface area contributed by atoms with Crippen molar-refractivity contribution in [3.63, 3.8) is 0 Å². The van der Waals surface area contributed by atoms with Crippen LogP contribution in [0.5, 0.6) is 0 Å². The topological polar surface area (TPSA) is 131 Å². The third-order valence-electron chi connectivity index (χ3n) is 3.22. The molecule has 0 aliphatic carbocycles. The first-order chi connectivity index (χ1) is 12.6. The molecule has 162 valence electrons. The van der Waals surface area contributed by atoms with Crippen LogP contribution in [0.4, 0.5) is 4.79 Å². The van der Waals surface area contributed by atoms with Crippen LogP contribution >= 0.6 is 0 Å². The number of ether oxygens (including phenoxy) is 2. The Kier molecular flexibility index (Phi) is 9.97. The number of carbonyl (C=O) groups is 4. The molecule has 0 aromatic heterocycles. The van der Waals surface area contributed by atoms with Crippen molar-refractivity contribution in [2.75, 3.05) is 0 Å². The number of hydrogen-bond acceptors (Lipinski definition) is 6. The molecule has 0 aliphatic heterocycles. The molecule has 0 heterocycles. The van der Waals surface area contributed by atoms with Gasteiger partial charge in [0.25, 0.3) is 0 Å². The third kappa shape index (κ3) is 13.8. The van der Waals surface area contributed by atoms with Gasteiger partial charge < -0.3 is 25.2 Å². The minimum Gasteiger partial charge on any atom is -0.481 e. The van der Waals surface area contributed by atoms with Crippen LogP contribution in [-0.4, -0.2) is 52.3 Å². The maximum absolute atomic E-state index is 12.4. The van der Waals surface area contributed by atoms with Crippen LogP contribution in [0.1, 0.15) is 74.1 Å². The summed E-state index contributed by atoms with van der Waals surface area (Å²) in [6, 6.07) is -2.09. The number of urea groups is 1. The molecule has 0 aromatic carbocycles. The standard InChI is InChI=1S/C19H34N2O7/c1-12(8-10-14(22)23)20-17(26)21-13(16(25)28-19(5,6)7)9-11-15(24)27-18(2,3)4/h12-13H,8-11H2,1-7H3,(H,22,23)(H2,20,21,26)/t12-,13+/m1/s1. The van der Waals surface area contributed by atoms with E-state index in [1.54, 1.807) is 48.5 Å². The average molecular weight is 402 g/mol. The number of carbonyl (C=O) groups excluding carboxylic acids is 3. The second-order valence-electron chi connectivity index (χ2n) is 8.66. The fraction of sp³-hybridized carbons (Fsp3) is 0.789. The van der Waals surface area contributed by atoms with Crippen LogP contribution in [0.25, 0.3) is 0 Å². The normalized spacial score (nSPS) is 13.8. The third-order valence-corrected chi connectivity index (χ3v) is 3.22. The number of carboxylic acids is 1. The molecule has 0 saturated heterocycles. The molecule has 0 bridgehead atoms. The lowest BCUT2D eigenvalue weighted by Gasteiger charge is -2.25. The lowest BCUT2D eigenvalue weighted by atomic mass is 10.1. The van der Waals surface area contributed by atoms with E-state index >= 15 is 0 Å². The Labute approximate surface area is 166 Å². The van der Waals surface area contributed by atoms with E-state index in [9.17, 15) is 19.2 Å². The summed E-state index contributed by atoms with van der Waals surface area (Å²) in [7, 11) is 0. The molecule has 9 nitrogen and oxygen atoms in total. The minimum absolute atomic E-state index is 0.0146. The van der Waals surface area contributed by atoms with E-state index in [0.29, 0.717) is 0 Å². The highest BCUT2D eigenvalue weighted by atomic mass is 16.6. The van der Waals surface area contributed by atoms with Crippen molar-refractivity contribution in [3.05, 3.63) is 0 Å². The molecular weight excluding hydrogens is 368 g/mol. The van der Waals surface area contributed by atoms with E-state index in [1.807, 2.05) is 0 Å². The Balaban J connectivity index is 4.89. The second-order valence-corrected chi connectivity index (χ2v) is 8.66. The average Bonchev–Trinajstić information content (AvgIpc) is 2.45. The van der Waals surface area contributed by atoms with Gasteiger partial charge in [-0.3, -0.25) is 9.59 Å². The van der Waals surface area contributed by atoms with Crippen molar-refractivity contribution in [3.8, 4) is 0 Å². The van der Waals surface area contributed by atoms with Gasteiger partial charge in [0.15, 0.2) is 0 Å². The predicted octanol–water partition coefficient (Wildman–Crippen LogP) is 2.37. The zero-order chi connectivity index (χ0) is 22.1. The van der Waals surface area contributed by atoms with Gasteiger partial charge in [-0.05, 0) is 61.3 Å². The summed E-state index contributed by atoms with van der Waals surface area (Å²) in [4.78, 5) is 47.1. The van der Waals surface area contributed by atoms with Crippen LogP contribution < -0.4 is 10.6 Å². The summed E-state index contributed by atoms with van der Waals surface area (Å²) in [6.45, 7) is 12.0. The monoisotopic (exact) mass is 402 g/mol. The molecule has 0 spiro atoms. The van der Waals surface area contributed by atoms with Gasteiger partial charge in [0.2, 0.25) is 0 Å². The molecule has 3 N–H and O–H groups in total. The van der Waals surface area contributed by atoms with Crippen molar-refractivity contribution < 1.29 is 33.8 Å². The van der Waals surface area contributed by atoms with Crippen molar-refractivity contribution in [2.24, 2.45) is 0 Å². The molecule has 0 radical (unpaired) electrons. The Morgan fingerprint density at radius 1 is 0.857 bits per heavy atom. The molecule has 28 heavy (non-hydrogen) atoms. The van der Waals surface area contributed by atoms with Gasteiger partial charge in [0.1, 0.15) is 17.2 Å². The van der Waals surface area contributed by atoms with Crippen LogP contribution in [-0.2, 0) is 23.9 Å². The van der Waals surface area contributed by atoms with Gasteiger partial charge in [-0.15, -0.1) is 0 Å². The molecule has 2 atom stereocenters. The molecule has 0 aromatic rings. The minimum atomic E-state index is -1.04. The highest BCUT2D eigenvalue weighted by molar-refractivity contribution is 5.84. The summed E-state index contributed by atoms with van der Waals surface area (Å²) in [5, 5.41) is 13.8. The summed E-state index contributed by atoms with van der Waals surface area (Å²) >= 11 is 0. The van der Waals surface area contributed by atoms with Gasteiger partial charge in [0, 0.05) is 18.9 Å². The van der Waals surface area contributed by atoms with Gasteiger partial charge >= 0.3 is 23.9 Å². The van der Waals surface area contributed by atoms with Crippen molar-refractivity contribution in [1.82, 2.24) is 10.6 Å². The van der Waals surface area contributed by atoms with E-state index in [1.165, 1.54) is 0 Å². The Morgan fingerprint density at radius 2 is 1.39 bits per heavy atom. The first-order valence-electron chi connectivity index (χ1n) is 9.32. The summed E-state index contributed by atoms with van der Waals surface area (Å²) in [6.07, 6.45) is 0.101. The van der Waals surface area contributed by atoms with E-state index in [0.717, 1.165) is 0 Å². The molecule has 0 unspecified atom stereocenters. The summed E-state index contributed by atoms with van der Waals surface area (Å²) in [5.74, 6) is -2.11. The van der Waals surface area contributed by atoms with Crippen LogP contribution in [0.3, 0.4) is 0 Å². The number of aliphatic carboxylic acids is 1. The second kappa shape index (κ2) is 10.9. The zero-order valence-corrected chi connectivity index (χ0v) is 17.9. The Morgan fingerprint density at radius 3 is 1.86 bits per heavy atom. The molecular formula is C19H34N2O7. The SMILES string of the molecule is C[C@H](CCC(=O)O)NC(=O)N[C@@H](CCC(=O)OC(C)(C)C)C(=O)OC(C)(C)C. The largest absolute Gasteiger partial charge is 0.481 e. The van der Waals surface area contributed by atoms with Crippen LogP contribution in [0, 0.1) is 0 Å². The highest BCUT2D eigenvalue weighted by Gasteiger charge is 2.28. The quantitative estimate of drug-likeness (QED) is 0.505. The first-order valence-corrected chi connectivity index (χ1v) is 9.32. The van der Waals surface area contributed by atoms with Crippen LogP contribution in [0.2, 0.25) is 0 Å². The summed E-state index contributed by atoms with van der Waals surface area (Å²) in [5.41, 5.74) is -1.41.